The Morgan fingerprint density at radius 3 is 2.61 bits per heavy atom. The molecule has 0 spiro atoms. The number of nitro groups is 1. The molecule has 1 unspecified atom stereocenters. The lowest BCUT2D eigenvalue weighted by Gasteiger charge is -2.24. The molecule has 0 saturated heterocycles. The summed E-state index contributed by atoms with van der Waals surface area (Å²) in [5.74, 6) is -0.180. The second kappa shape index (κ2) is 5.59. The Balaban J connectivity index is 3.04. The van der Waals surface area contributed by atoms with Crippen molar-refractivity contribution in [2.45, 2.75) is 19.9 Å². The zero-order valence-corrected chi connectivity index (χ0v) is 10.7. The first-order chi connectivity index (χ1) is 8.38. The van der Waals surface area contributed by atoms with Gasteiger partial charge < -0.3 is 10.6 Å². The Morgan fingerprint density at radius 1 is 1.56 bits per heavy atom. The molecule has 18 heavy (non-hydrogen) atoms. The van der Waals surface area contributed by atoms with Crippen molar-refractivity contribution in [1.29, 1.82) is 0 Å². The van der Waals surface area contributed by atoms with Crippen molar-refractivity contribution in [2.24, 2.45) is 5.73 Å². The van der Waals surface area contributed by atoms with Gasteiger partial charge in [0.1, 0.15) is 0 Å². The normalized spacial score (nSPS) is 12.0. The Hall–Kier alpha value is -1.95. The number of carbonyl (C=O) groups is 1. The molecule has 0 aromatic heterocycles. The highest BCUT2D eigenvalue weighted by atomic mass is 16.6. The Bertz CT molecular complexity index is 474. The maximum atomic E-state index is 12.1. The fourth-order valence-electron chi connectivity index (χ4n) is 1.55. The second-order valence-electron chi connectivity index (χ2n) is 4.26. The second-order valence-corrected chi connectivity index (χ2v) is 4.26. The summed E-state index contributed by atoms with van der Waals surface area (Å²) in [4.78, 5) is 23.8. The van der Waals surface area contributed by atoms with Crippen molar-refractivity contribution in [3.8, 4) is 0 Å². The molecule has 1 aromatic carbocycles. The van der Waals surface area contributed by atoms with Gasteiger partial charge in [-0.15, -0.1) is 0 Å². The third kappa shape index (κ3) is 2.84. The van der Waals surface area contributed by atoms with Gasteiger partial charge in [-0.2, -0.15) is 0 Å². The number of nitro benzene ring substituents is 1. The molecule has 0 fully saturated rings. The molecule has 0 aliphatic heterocycles. The fourth-order valence-corrected chi connectivity index (χ4v) is 1.55. The van der Waals surface area contributed by atoms with E-state index in [0.29, 0.717) is 17.7 Å². The number of aryl methyl sites for hydroxylation is 1. The van der Waals surface area contributed by atoms with Crippen LogP contribution >= 0.6 is 0 Å². The molecule has 2 N–H and O–H groups in total. The van der Waals surface area contributed by atoms with Crippen molar-refractivity contribution in [1.82, 2.24) is 4.90 Å². The van der Waals surface area contributed by atoms with Crippen molar-refractivity contribution >= 4 is 11.6 Å². The zero-order valence-electron chi connectivity index (χ0n) is 10.7. The zero-order chi connectivity index (χ0) is 13.9. The summed E-state index contributed by atoms with van der Waals surface area (Å²) in [6, 6.07) is 4.14. The van der Waals surface area contributed by atoms with Gasteiger partial charge in [-0.25, -0.2) is 0 Å². The van der Waals surface area contributed by atoms with Gasteiger partial charge in [0.2, 0.25) is 0 Å². The Kier molecular flexibility index (Phi) is 4.38. The van der Waals surface area contributed by atoms with Crippen LogP contribution in [-0.4, -0.2) is 35.4 Å². The molecule has 6 heteroatoms. The van der Waals surface area contributed by atoms with Crippen LogP contribution in [0.25, 0.3) is 0 Å². The van der Waals surface area contributed by atoms with Crippen LogP contribution in [0.15, 0.2) is 18.2 Å². The lowest BCUT2D eigenvalue weighted by molar-refractivity contribution is -0.384. The van der Waals surface area contributed by atoms with Gasteiger partial charge in [-0.05, 0) is 25.5 Å². The number of hydrogen-bond acceptors (Lipinski definition) is 4. The molecule has 6 nitrogen and oxygen atoms in total. The predicted octanol–water partition coefficient (Wildman–Crippen LogP) is 1.32. The van der Waals surface area contributed by atoms with E-state index in [0.717, 1.165) is 0 Å². The topological polar surface area (TPSA) is 89.5 Å². The van der Waals surface area contributed by atoms with Crippen molar-refractivity contribution in [3.05, 3.63) is 39.4 Å². The third-order valence-electron chi connectivity index (χ3n) is 2.97. The van der Waals surface area contributed by atoms with Crippen LogP contribution in [0, 0.1) is 17.0 Å². The highest BCUT2D eigenvalue weighted by Gasteiger charge is 2.19. The SMILES string of the molecule is Cc1cc([N+](=O)[O-])ccc1C(=O)N(C)C(C)CN. The largest absolute Gasteiger partial charge is 0.338 e. The first-order valence-electron chi connectivity index (χ1n) is 5.60. The van der Waals surface area contributed by atoms with E-state index in [-0.39, 0.29) is 17.6 Å². The summed E-state index contributed by atoms with van der Waals surface area (Å²) in [5.41, 5.74) is 6.54. The monoisotopic (exact) mass is 251 g/mol. The van der Waals surface area contributed by atoms with Crippen LogP contribution in [0.2, 0.25) is 0 Å². The fraction of sp³-hybridized carbons (Fsp3) is 0.417. The minimum Gasteiger partial charge on any atom is -0.338 e. The first kappa shape index (κ1) is 14.1. The average molecular weight is 251 g/mol. The van der Waals surface area contributed by atoms with E-state index in [4.69, 9.17) is 5.73 Å². The van der Waals surface area contributed by atoms with Gasteiger partial charge in [-0.3, -0.25) is 14.9 Å². The van der Waals surface area contributed by atoms with E-state index in [2.05, 4.69) is 0 Å². The Labute approximate surface area is 106 Å². The van der Waals surface area contributed by atoms with Crippen LogP contribution in [0.4, 0.5) is 5.69 Å². The molecule has 1 aromatic rings. The summed E-state index contributed by atoms with van der Waals surface area (Å²) >= 11 is 0. The molecule has 0 heterocycles. The maximum Gasteiger partial charge on any atom is 0.269 e. The summed E-state index contributed by atoms with van der Waals surface area (Å²) in [6.45, 7) is 3.90. The number of likely N-dealkylation sites (N-methyl/N-ethyl adjacent to an activating group) is 1. The van der Waals surface area contributed by atoms with Crippen molar-refractivity contribution in [2.75, 3.05) is 13.6 Å². The quantitative estimate of drug-likeness (QED) is 0.645. The van der Waals surface area contributed by atoms with Gasteiger partial charge in [0.25, 0.3) is 11.6 Å². The van der Waals surface area contributed by atoms with Gasteiger partial charge in [0.05, 0.1) is 4.92 Å². The van der Waals surface area contributed by atoms with Crippen LogP contribution < -0.4 is 5.73 Å². The summed E-state index contributed by atoms with van der Waals surface area (Å²) in [6.07, 6.45) is 0. The number of nitrogens with zero attached hydrogens (tertiary/aromatic N) is 2. The van der Waals surface area contributed by atoms with E-state index < -0.39 is 4.92 Å². The predicted molar refractivity (Wildman–Crippen MR) is 68.4 cm³/mol. The number of benzene rings is 1. The summed E-state index contributed by atoms with van der Waals surface area (Å²) < 4.78 is 0. The van der Waals surface area contributed by atoms with Gasteiger partial charge >= 0.3 is 0 Å². The molecule has 1 atom stereocenters. The standard InChI is InChI=1S/C12H17N3O3/c1-8-6-10(15(17)18)4-5-11(8)12(16)14(3)9(2)7-13/h4-6,9H,7,13H2,1-3H3. The molecular formula is C12H17N3O3. The number of carbonyl (C=O) groups excluding carboxylic acids is 1. The van der Waals surface area contributed by atoms with Crippen LogP contribution in [0.1, 0.15) is 22.8 Å². The van der Waals surface area contributed by atoms with Gasteiger partial charge in [0, 0.05) is 37.3 Å². The van der Waals surface area contributed by atoms with Crippen LogP contribution in [0.5, 0.6) is 0 Å². The molecule has 0 saturated carbocycles. The van der Waals surface area contributed by atoms with Gasteiger partial charge in [0.15, 0.2) is 0 Å². The van der Waals surface area contributed by atoms with Crippen molar-refractivity contribution in [3.63, 3.8) is 0 Å². The van der Waals surface area contributed by atoms with E-state index in [1.165, 1.54) is 23.1 Å². The van der Waals surface area contributed by atoms with E-state index >= 15 is 0 Å². The molecule has 0 aliphatic rings. The average Bonchev–Trinajstić information content (AvgIpc) is 2.35. The van der Waals surface area contributed by atoms with Crippen LogP contribution in [0.3, 0.4) is 0 Å². The van der Waals surface area contributed by atoms with E-state index in [9.17, 15) is 14.9 Å². The lowest BCUT2D eigenvalue weighted by atomic mass is 10.1. The van der Waals surface area contributed by atoms with Crippen molar-refractivity contribution < 1.29 is 9.72 Å². The molecule has 0 aliphatic carbocycles. The minimum absolute atomic E-state index is 0.0152. The summed E-state index contributed by atoms with van der Waals surface area (Å²) in [5, 5.41) is 10.6. The smallest absolute Gasteiger partial charge is 0.269 e. The molecule has 1 amide bonds. The number of nitrogens with two attached hydrogens (primary N) is 1. The van der Waals surface area contributed by atoms with Crippen LogP contribution in [-0.2, 0) is 0 Å². The first-order valence-corrected chi connectivity index (χ1v) is 5.60. The van der Waals surface area contributed by atoms with Gasteiger partial charge in [-0.1, -0.05) is 0 Å². The van der Waals surface area contributed by atoms with E-state index in [1.54, 1.807) is 14.0 Å². The molecule has 1 rings (SSSR count). The number of non-ortho nitro benzene ring substituents is 1. The molecule has 0 bridgehead atoms. The highest BCUT2D eigenvalue weighted by molar-refractivity contribution is 5.96. The molecule has 0 radical (unpaired) electrons. The number of rotatable bonds is 4. The number of hydrogen-bond donors (Lipinski definition) is 1. The third-order valence-corrected chi connectivity index (χ3v) is 2.97. The summed E-state index contributed by atoms with van der Waals surface area (Å²) in [7, 11) is 1.67. The maximum absolute atomic E-state index is 12.1. The highest BCUT2D eigenvalue weighted by Crippen LogP contribution is 2.18. The minimum atomic E-state index is -0.479. The Morgan fingerprint density at radius 2 is 2.17 bits per heavy atom. The van der Waals surface area contributed by atoms with E-state index in [1.807, 2.05) is 6.92 Å². The molecular weight excluding hydrogens is 234 g/mol. The number of amides is 1. The molecule has 98 valence electrons. The lowest BCUT2D eigenvalue weighted by Crippen LogP contribution is -2.39.